The van der Waals surface area contributed by atoms with E-state index >= 15 is 0 Å². The highest BCUT2D eigenvalue weighted by Crippen LogP contribution is 2.63. The average Bonchev–Trinajstić information content (AvgIpc) is 3.51. The molecule has 2 heterocycles. The van der Waals surface area contributed by atoms with Gasteiger partial charge < -0.3 is 0 Å². The molecule has 6 atom stereocenters. The maximum Gasteiger partial charge on any atom is 0.0991 e. The van der Waals surface area contributed by atoms with Crippen molar-refractivity contribution in [3.63, 3.8) is 0 Å². The summed E-state index contributed by atoms with van der Waals surface area (Å²) in [7, 11) is 0. The Morgan fingerprint density at radius 3 is 1.85 bits per heavy atom. The van der Waals surface area contributed by atoms with E-state index in [0.29, 0.717) is 10.8 Å². The van der Waals surface area contributed by atoms with Gasteiger partial charge in [-0.05, 0) is 73.8 Å². The second-order valence-electron chi connectivity index (χ2n) is 14.1. The van der Waals surface area contributed by atoms with Gasteiger partial charge >= 0.3 is 0 Å². The summed E-state index contributed by atoms with van der Waals surface area (Å²) in [5, 5.41) is 21.3. The zero-order chi connectivity index (χ0) is 34.6. The molecule has 0 saturated carbocycles. The number of hydrogen-bond acceptors (Lipinski definition) is 5. The van der Waals surface area contributed by atoms with E-state index in [0.717, 1.165) is 16.7 Å². The van der Waals surface area contributed by atoms with Crippen molar-refractivity contribution in [3.05, 3.63) is 209 Å². The topological polar surface area (TPSA) is 59.9 Å². The summed E-state index contributed by atoms with van der Waals surface area (Å²) in [6, 6.07) is 54.7. The normalized spacial score (nSPS) is 25.1. The van der Waals surface area contributed by atoms with Crippen molar-refractivity contribution in [1.29, 1.82) is 5.26 Å². The molecule has 6 aromatic rings. The number of benzene rings is 6. The molecule has 2 aliphatic carbocycles. The van der Waals surface area contributed by atoms with Crippen LogP contribution in [0.25, 0.3) is 22.3 Å². The van der Waals surface area contributed by atoms with Crippen LogP contribution in [0, 0.1) is 17.2 Å². The molecule has 0 radical (unpaired) electrons. The highest BCUT2D eigenvalue weighted by molar-refractivity contribution is 8.00. The van der Waals surface area contributed by atoms with Crippen molar-refractivity contribution in [2.24, 2.45) is 5.92 Å². The van der Waals surface area contributed by atoms with Crippen LogP contribution in [0.2, 0.25) is 0 Å². The first-order chi connectivity index (χ1) is 25.7. The van der Waals surface area contributed by atoms with Crippen LogP contribution in [0.4, 0.5) is 0 Å². The third-order valence-electron chi connectivity index (χ3n) is 11.3. The first-order valence-electron chi connectivity index (χ1n) is 18.0. The molecule has 0 amide bonds. The Kier molecular flexibility index (Phi) is 7.60. The van der Waals surface area contributed by atoms with Gasteiger partial charge in [-0.1, -0.05) is 152 Å². The smallest absolute Gasteiger partial charge is 0.0991 e. The van der Waals surface area contributed by atoms with E-state index in [9.17, 15) is 5.26 Å². The summed E-state index contributed by atoms with van der Waals surface area (Å²) in [4.78, 5) is 1.36. The Hall–Kier alpha value is -5.48. The Morgan fingerprint density at radius 2 is 1.10 bits per heavy atom. The molecule has 2 aliphatic heterocycles. The third kappa shape index (κ3) is 4.95. The number of nitrogens with zero attached hydrogens (tertiary/aromatic N) is 1. The highest BCUT2D eigenvalue weighted by Gasteiger charge is 2.55. The number of hydrogen-bond donors (Lipinski definition) is 3. The molecule has 1 spiro atoms. The van der Waals surface area contributed by atoms with Crippen LogP contribution in [0.15, 0.2) is 175 Å². The molecular weight excluding hydrogens is 653 g/mol. The fourth-order valence-corrected chi connectivity index (χ4v) is 10.4. The van der Waals surface area contributed by atoms with Crippen LogP contribution in [0.5, 0.6) is 0 Å². The fourth-order valence-electron chi connectivity index (χ4n) is 8.94. The fraction of sp³-hybridized carbons (Fsp3) is 0.128. The number of nitrogens with one attached hydrogen (secondary N) is 3. The zero-order valence-electron chi connectivity index (χ0n) is 28.4. The van der Waals surface area contributed by atoms with E-state index in [4.69, 9.17) is 0 Å². The SMILES string of the molecule is N#Cc1ccc(-c2ccc(C3NC(c4ccccc4)NC(c4ccc5c(c4)C4(c6ccccc6SC6C=CC=CC64)c4ccccc4-5)N3)cc2)cc1. The predicted octanol–water partition coefficient (Wildman–Crippen LogP) is 9.94. The summed E-state index contributed by atoms with van der Waals surface area (Å²) in [6.07, 6.45) is 9.03. The van der Waals surface area contributed by atoms with Crippen molar-refractivity contribution in [2.75, 3.05) is 0 Å². The lowest BCUT2D eigenvalue weighted by molar-refractivity contribution is 0.203. The minimum Gasteiger partial charge on any atom is -0.279 e. The molecule has 5 heteroatoms. The van der Waals surface area contributed by atoms with Gasteiger partial charge in [-0.2, -0.15) is 5.26 Å². The van der Waals surface area contributed by atoms with Crippen LogP contribution in [-0.2, 0) is 5.41 Å². The lowest BCUT2D eigenvalue weighted by Gasteiger charge is -2.47. The Labute approximate surface area is 308 Å². The quantitative estimate of drug-likeness (QED) is 0.172. The number of allylic oxidation sites excluding steroid dienone is 3. The molecule has 10 rings (SSSR count). The Morgan fingerprint density at radius 1 is 0.519 bits per heavy atom. The second-order valence-corrected chi connectivity index (χ2v) is 15.3. The van der Waals surface area contributed by atoms with E-state index in [1.807, 2.05) is 36.0 Å². The van der Waals surface area contributed by atoms with Crippen LogP contribution >= 0.6 is 11.8 Å². The van der Waals surface area contributed by atoms with Crippen molar-refractivity contribution >= 4 is 11.8 Å². The minimum absolute atomic E-state index is 0.0716. The van der Waals surface area contributed by atoms with Crippen molar-refractivity contribution in [1.82, 2.24) is 16.0 Å². The van der Waals surface area contributed by atoms with Crippen molar-refractivity contribution < 1.29 is 0 Å². The molecule has 52 heavy (non-hydrogen) atoms. The zero-order valence-corrected chi connectivity index (χ0v) is 29.2. The van der Waals surface area contributed by atoms with Crippen LogP contribution in [-0.4, -0.2) is 5.25 Å². The number of fused-ring (bicyclic) bond motifs is 9. The molecule has 1 fully saturated rings. The Bertz CT molecular complexity index is 2410. The van der Waals surface area contributed by atoms with Gasteiger partial charge in [0.2, 0.25) is 0 Å². The van der Waals surface area contributed by atoms with Gasteiger partial charge in [0.05, 0.1) is 35.5 Å². The van der Waals surface area contributed by atoms with Gasteiger partial charge in [0.1, 0.15) is 0 Å². The van der Waals surface area contributed by atoms with E-state index in [-0.39, 0.29) is 29.8 Å². The molecule has 1 saturated heterocycles. The molecule has 0 bridgehead atoms. The van der Waals surface area contributed by atoms with E-state index in [1.165, 1.54) is 43.8 Å². The minimum atomic E-state index is -0.303. The summed E-state index contributed by atoms with van der Waals surface area (Å²) in [5.74, 6) is 0.281. The van der Waals surface area contributed by atoms with Gasteiger partial charge in [-0.15, -0.1) is 11.8 Å². The third-order valence-corrected chi connectivity index (χ3v) is 12.7. The summed E-state index contributed by atoms with van der Waals surface area (Å²) >= 11 is 2.00. The van der Waals surface area contributed by atoms with Crippen molar-refractivity contribution in [3.8, 4) is 28.3 Å². The number of thioether (sulfide) groups is 1. The highest BCUT2D eigenvalue weighted by atomic mass is 32.2. The Balaban J connectivity index is 1.07. The van der Waals surface area contributed by atoms with Crippen LogP contribution < -0.4 is 16.0 Å². The van der Waals surface area contributed by atoms with Gasteiger partial charge in [0.25, 0.3) is 0 Å². The molecule has 250 valence electrons. The molecule has 6 unspecified atom stereocenters. The first-order valence-corrected chi connectivity index (χ1v) is 18.9. The standard InChI is InChI=1S/C47H36N4S/c48-29-30-18-20-31(21-19-30)32-22-24-34(25-23-32)45-49-44(33-10-2-1-3-11-33)50-46(51-45)35-26-27-37-36-12-4-5-13-38(36)47(41(37)28-35)39-14-6-8-16-42(39)52-43-17-9-7-15-40(43)47/h1-28,39,42,44-46,49-51H. The predicted molar refractivity (Wildman–Crippen MR) is 210 cm³/mol. The molecule has 4 aliphatic rings. The summed E-state index contributed by atoms with van der Waals surface area (Å²) < 4.78 is 0. The lowest BCUT2D eigenvalue weighted by atomic mass is 9.61. The van der Waals surface area contributed by atoms with Gasteiger partial charge in [-0.3, -0.25) is 16.0 Å². The van der Waals surface area contributed by atoms with E-state index in [2.05, 4.69) is 168 Å². The van der Waals surface area contributed by atoms with E-state index in [1.54, 1.807) is 0 Å². The molecule has 4 nitrogen and oxygen atoms in total. The largest absolute Gasteiger partial charge is 0.279 e. The van der Waals surface area contributed by atoms with Crippen molar-refractivity contribution in [2.45, 2.75) is 34.1 Å². The number of rotatable bonds is 4. The van der Waals surface area contributed by atoms with Gasteiger partial charge in [0, 0.05) is 16.1 Å². The lowest BCUT2D eigenvalue weighted by Crippen LogP contribution is -2.54. The second kappa shape index (κ2) is 12.6. The molecule has 6 aromatic carbocycles. The summed E-state index contributed by atoms with van der Waals surface area (Å²) in [6.45, 7) is 0. The first kappa shape index (κ1) is 31.3. The maximum atomic E-state index is 9.25. The van der Waals surface area contributed by atoms with Crippen LogP contribution in [0.3, 0.4) is 0 Å². The van der Waals surface area contributed by atoms with E-state index < -0.39 is 0 Å². The molecule has 3 N–H and O–H groups in total. The van der Waals surface area contributed by atoms with Crippen LogP contribution in [0.1, 0.15) is 57.4 Å². The summed E-state index contributed by atoms with van der Waals surface area (Å²) in [5.41, 5.74) is 13.0. The molecule has 0 aromatic heterocycles. The average molecular weight is 689 g/mol. The maximum absolute atomic E-state index is 9.25. The number of nitriles is 1. The van der Waals surface area contributed by atoms with Gasteiger partial charge in [-0.25, -0.2) is 0 Å². The molecular formula is C47H36N4S. The monoisotopic (exact) mass is 688 g/mol. The van der Waals surface area contributed by atoms with Gasteiger partial charge in [0.15, 0.2) is 0 Å².